The van der Waals surface area contributed by atoms with E-state index in [9.17, 15) is 13.2 Å². The summed E-state index contributed by atoms with van der Waals surface area (Å²) in [5.74, 6) is -1.31. The Bertz CT molecular complexity index is 1050. The largest absolute Gasteiger partial charge is 0.289 e. The molecule has 0 aliphatic heterocycles. The highest BCUT2D eigenvalue weighted by atomic mass is 35.5. The number of benzene rings is 3. The molecule has 3 aromatic carbocycles. The molecule has 1 amide bonds. The van der Waals surface area contributed by atoms with Crippen LogP contribution in [0.3, 0.4) is 0 Å². The van der Waals surface area contributed by atoms with E-state index in [0.717, 1.165) is 0 Å². The van der Waals surface area contributed by atoms with Crippen LogP contribution in [0.1, 0.15) is 17.0 Å². The molecular formula is C20H17ClN2O4S. The topological polar surface area (TPSA) is 95.5 Å². The Balaban J connectivity index is 1.86. The maximum absolute atomic E-state index is 12.5. The minimum absolute atomic E-state index is 0.0859. The van der Waals surface area contributed by atoms with Crippen molar-refractivity contribution in [1.82, 2.24) is 5.48 Å². The fourth-order valence-electron chi connectivity index (χ4n) is 2.78. The molecule has 1 atom stereocenters. The third-order valence-corrected chi connectivity index (χ3v) is 5.77. The molecule has 0 aromatic heterocycles. The molecule has 3 N–H and O–H groups in total. The fourth-order valence-corrected chi connectivity index (χ4v) is 3.96. The Morgan fingerprint density at radius 2 is 1.43 bits per heavy atom. The van der Waals surface area contributed by atoms with Crippen LogP contribution in [0.25, 0.3) is 0 Å². The van der Waals surface area contributed by atoms with Crippen LogP contribution in [-0.2, 0) is 14.8 Å². The molecule has 3 rings (SSSR count). The number of hydrogen-bond donors (Lipinski definition) is 3. The Labute approximate surface area is 167 Å². The van der Waals surface area contributed by atoms with E-state index in [4.69, 9.17) is 16.8 Å². The lowest BCUT2D eigenvalue weighted by Crippen LogP contribution is -2.27. The van der Waals surface area contributed by atoms with Gasteiger partial charge in [-0.05, 0) is 47.5 Å². The maximum atomic E-state index is 12.5. The average Bonchev–Trinajstić information content (AvgIpc) is 2.70. The predicted octanol–water partition coefficient (Wildman–Crippen LogP) is 3.78. The molecule has 0 fully saturated rings. The van der Waals surface area contributed by atoms with E-state index >= 15 is 0 Å². The molecule has 3 aromatic rings. The van der Waals surface area contributed by atoms with Crippen LogP contribution in [0.5, 0.6) is 0 Å². The highest BCUT2D eigenvalue weighted by molar-refractivity contribution is 7.92. The summed E-state index contributed by atoms with van der Waals surface area (Å²) in [6.45, 7) is 0. The summed E-state index contributed by atoms with van der Waals surface area (Å²) in [5, 5.41) is 9.52. The third-order valence-electron chi connectivity index (χ3n) is 4.13. The van der Waals surface area contributed by atoms with E-state index in [-0.39, 0.29) is 4.90 Å². The molecular weight excluding hydrogens is 400 g/mol. The Morgan fingerprint density at radius 1 is 0.857 bits per heavy atom. The normalized spacial score (nSPS) is 12.2. The maximum Gasteiger partial charge on any atom is 0.261 e. The van der Waals surface area contributed by atoms with Crippen LogP contribution in [-0.4, -0.2) is 19.5 Å². The first-order valence-corrected chi connectivity index (χ1v) is 10.1. The minimum atomic E-state index is -3.76. The van der Waals surface area contributed by atoms with Gasteiger partial charge in [0.25, 0.3) is 15.9 Å². The summed E-state index contributed by atoms with van der Waals surface area (Å²) in [6, 6.07) is 21.2. The van der Waals surface area contributed by atoms with Crippen molar-refractivity contribution >= 4 is 33.2 Å². The fraction of sp³-hybridized carbons (Fsp3) is 0.0500. The molecule has 28 heavy (non-hydrogen) atoms. The first kappa shape index (κ1) is 19.9. The molecule has 1 unspecified atom stereocenters. The van der Waals surface area contributed by atoms with Crippen LogP contribution in [0.2, 0.25) is 5.02 Å². The van der Waals surface area contributed by atoms with Crippen molar-refractivity contribution in [2.75, 3.05) is 4.72 Å². The zero-order chi connectivity index (χ0) is 20.1. The number of nitrogens with one attached hydrogen (secondary N) is 2. The first-order valence-electron chi connectivity index (χ1n) is 8.28. The number of hydroxylamine groups is 1. The number of carbonyl (C=O) groups excluding carboxylic acids is 1. The monoisotopic (exact) mass is 416 g/mol. The highest BCUT2D eigenvalue weighted by Gasteiger charge is 2.22. The second-order valence-electron chi connectivity index (χ2n) is 6.00. The van der Waals surface area contributed by atoms with Gasteiger partial charge in [-0.15, -0.1) is 0 Å². The van der Waals surface area contributed by atoms with E-state index in [1.807, 2.05) is 6.07 Å². The van der Waals surface area contributed by atoms with Crippen LogP contribution >= 0.6 is 11.6 Å². The molecule has 0 saturated heterocycles. The van der Waals surface area contributed by atoms with Gasteiger partial charge in [0.15, 0.2) is 0 Å². The highest BCUT2D eigenvalue weighted by Crippen LogP contribution is 2.27. The van der Waals surface area contributed by atoms with E-state index in [1.54, 1.807) is 54.0 Å². The van der Waals surface area contributed by atoms with Gasteiger partial charge in [-0.1, -0.05) is 54.1 Å². The summed E-state index contributed by atoms with van der Waals surface area (Å²) in [4.78, 5) is 12.2. The lowest BCUT2D eigenvalue weighted by molar-refractivity contribution is -0.129. The van der Waals surface area contributed by atoms with Gasteiger partial charge in [0, 0.05) is 10.7 Å². The summed E-state index contributed by atoms with van der Waals surface area (Å²) >= 11 is 5.79. The van der Waals surface area contributed by atoms with Gasteiger partial charge in [-0.25, -0.2) is 13.9 Å². The van der Waals surface area contributed by atoms with Gasteiger partial charge in [-0.3, -0.25) is 14.7 Å². The van der Waals surface area contributed by atoms with E-state index in [0.29, 0.717) is 21.8 Å². The van der Waals surface area contributed by atoms with Crippen LogP contribution in [0.15, 0.2) is 83.8 Å². The first-order chi connectivity index (χ1) is 13.4. The number of carbonyl (C=O) groups is 1. The SMILES string of the molecule is O=C(NO)C(c1ccccc1)c1ccc(NS(=O)(=O)c2ccc(Cl)cc2)cc1. The van der Waals surface area contributed by atoms with Gasteiger partial charge in [0.2, 0.25) is 0 Å². The smallest absolute Gasteiger partial charge is 0.261 e. The van der Waals surface area contributed by atoms with Gasteiger partial charge in [0.1, 0.15) is 0 Å². The number of rotatable bonds is 6. The number of hydrogen-bond acceptors (Lipinski definition) is 4. The van der Waals surface area contributed by atoms with Crippen molar-refractivity contribution in [3.63, 3.8) is 0 Å². The van der Waals surface area contributed by atoms with E-state index in [2.05, 4.69) is 4.72 Å². The summed E-state index contributed by atoms with van der Waals surface area (Å²) in [5.41, 5.74) is 3.32. The molecule has 0 saturated carbocycles. The van der Waals surface area contributed by atoms with Crippen LogP contribution in [0, 0.1) is 0 Å². The molecule has 0 aliphatic rings. The lowest BCUT2D eigenvalue weighted by Gasteiger charge is -2.16. The van der Waals surface area contributed by atoms with E-state index < -0.39 is 21.8 Å². The molecule has 0 heterocycles. The van der Waals surface area contributed by atoms with Gasteiger partial charge in [-0.2, -0.15) is 0 Å². The van der Waals surface area contributed by atoms with Gasteiger partial charge in [0.05, 0.1) is 10.8 Å². The molecule has 0 aliphatic carbocycles. The predicted molar refractivity (Wildman–Crippen MR) is 107 cm³/mol. The van der Waals surface area contributed by atoms with Crippen molar-refractivity contribution in [2.24, 2.45) is 0 Å². The summed E-state index contributed by atoms with van der Waals surface area (Å²) in [7, 11) is -3.76. The zero-order valence-corrected chi connectivity index (χ0v) is 16.1. The van der Waals surface area contributed by atoms with Crippen molar-refractivity contribution in [3.8, 4) is 0 Å². The molecule has 6 nitrogen and oxygen atoms in total. The van der Waals surface area contributed by atoms with Crippen LogP contribution < -0.4 is 10.2 Å². The average molecular weight is 417 g/mol. The number of anilines is 1. The van der Waals surface area contributed by atoms with E-state index in [1.165, 1.54) is 24.3 Å². The van der Waals surface area contributed by atoms with Crippen LogP contribution in [0.4, 0.5) is 5.69 Å². The standard InChI is InChI=1S/C20H17ClN2O4S/c21-16-8-12-18(13-9-16)28(26,27)23-17-10-6-15(7-11-17)19(20(24)22-25)14-4-2-1-3-5-14/h1-13,19,23,25H,(H,22,24). The number of halogens is 1. The van der Waals surface area contributed by atoms with Crippen molar-refractivity contribution in [1.29, 1.82) is 0 Å². The Morgan fingerprint density at radius 3 is 2.00 bits per heavy atom. The third kappa shape index (κ3) is 4.51. The Hall–Kier alpha value is -2.87. The quantitative estimate of drug-likeness (QED) is 0.421. The molecule has 0 spiro atoms. The molecule has 8 heteroatoms. The number of amides is 1. The van der Waals surface area contributed by atoms with Crippen molar-refractivity contribution in [3.05, 3.63) is 95.0 Å². The summed E-state index contributed by atoms with van der Waals surface area (Å²) in [6.07, 6.45) is 0. The van der Waals surface area contributed by atoms with Crippen molar-refractivity contribution < 1.29 is 18.4 Å². The Kier molecular flexibility index (Phi) is 5.99. The zero-order valence-electron chi connectivity index (χ0n) is 14.5. The molecule has 0 radical (unpaired) electrons. The van der Waals surface area contributed by atoms with Crippen molar-refractivity contribution in [2.45, 2.75) is 10.8 Å². The minimum Gasteiger partial charge on any atom is -0.289 e. The number of sulfonamides is 1. The second kappa shape index (κ2) is 8.43. The van der Waals surface area contributed by atoms with Gasteiger partial charge >= 0.3 is 0 Å². The van der Waals surface area contributed by atoms with Gasteiger partial charge < -0.3 is 0 Å². The summed E-state index contributed by atoms with van der Waals surface area (Å²) < 4.78 is 27.4. The second-order valence-corrected chi connectivity index (χ2v) is 8.12. The molecule has 0 bridgehead atoms. The lowest BCUT2D eigenvalue weighted by atomic mass is 9.90. The molecule has 144 valence electrons.